The molecule has 1 atom stereocenters. The molecule has 5 N–H and O–H groups in total. The van der Waals surface area contributed by atoms with Gasteiger partial charge in [0.25, 0.3) is 11.8 Å². The molecule has 1 unspecified atom stereocenters. The summed E-state index contributed by atoms with van der Waals surface area (Å²) in [5.74, 6) is 3.92. The van der Waals surface area contributed by atoms with Gasteiger partial charge in [-0.2, -0.15) is 4.31 Å². The summed E-state index contributed by atoms with van der Waals surface area (Å²) in [6, 6.07) is 6.11. The fraction of sp³-hybridized carbons (Fsp3) is 0.474. The van der Waals surface area contributed by atoms with Crippen LogP contribution in [0.5, 0.6) is 5.75 Å². The fourth-order valence-electron chi connectivity index (χ4n) is 2.98. The number of aliphatic hydroxyl groups excluding tert-OH is 1. The first-order valence-corrected chi connectivity index (χ1v) is 11.2. The summed E-state index contributed by atoms with van der Waals surface area (Å²) in [5, 5.41) is 21.9. The van der Waals surface area contributed by atoms with Crippen LogP contribution in [0.15, 0.2) is 24.3 Å². The maximum Gasteiger partial charge on any atom is 0.266 e. The number of nitrogens with one attached hydrogen (secondary N) is 1. The lowest BCUT2D eigenvalue weighted by Crippen LogP contribution is -2.67. The summed E-state index contributed by atoms with van der Waals surface area (Å²) in [5.41, 5.74) is 3.49. The van der Waals surface area contributed by atoms with E-state index in [1.165, 1.54) is 21.3 Å². The van der Waals surface area contributed by atoms with Crippen molar-refractivity contribution in [3.8, 4) is 17.6 Å². The molecule has 1 aromatic rings. The van der Waals surface area contributed by atoms with Crippen LogP contribution < -0.4 is 15.8 Å². The Morgan fingerprint density at radius 3 is 2.32 bits per heavy atom. The van der Waals surface area contributed by atoms with Crippen LogP contribution in [0, 0.1) is 11.8 Å². The van der Waals surface area contributed by atoms with Gasteiger partial charge in [-0.25, -0.2) is 8.42 Å². The van der Waals surface area contributed by atoms with Gasteiger partial charge in [-0.3, -0.25) is 14.5 Å². The summed E-state index contributed by atoms with van der Waals surface area (Å²) in [6.45, 7) is -0.299. The van der Waals surface area contributed by atoms with Crippen LogP contribution >= 0.6 is 0 Å². The Balaban J connectivity index is 1.96. The number of primary amides is 1. The molecule has 0 spiro atoms. The molecule has 170 valence electrons. The van der Waals surface area contributed by atoms with Crippen molar-refractivity contribution in [2.75, 3.05) is 52.2 Å². The Labute approximate surface area is 180 Å². The average Bonchev–Trinajstić information content (AvgIpc) is 2.74. The molecule has 1 saturated heterocycles. The number of carbonyl (C=O) groups excluding carboxylic acids is 2. The molecule has 0 aromatic heterocycles. The van der Waals surface area contributed by atoms with Crippen molar-refractivity contribution in [2.24, 2.45) is 5.73 Å². The van der Waals surface area contributed by atoms with Crippen LogP contribution in [0.4, 0.5) is 0 Å². The van der Waals surface area contributed by atoms with E-state index in [9.17, 15) is 23.1 Å². The van der Waals surface area contributed by atoms with Crippen molar-refractivity contribution in [2.45, 2.75) is 5.72 Å². The first kappa shape index (κ1) is 24.6. The van der Waals surface area contributed by atoms with Crippen molar-refractivity contribution < 1.29 is 33.0 Å². The molecule has 0 saturated carbocycles. The zero-order chi connectivity index (χ0) is 23.1. The molecule has 11 nitrogen and oxygen atoms in total. The molecule has 2 amide bonds. The number of aliphatic hydroxyl groups is 2. The van der Waals surface area contributed by atoms with Crippen molar-refractivity contribution in [3.63, 3.8) is 0 Å². The SMILES string of the molecule is CS(=O)(=O)N1CCN(C(O)(CNC(=O)c2ccc(OCC#CCO)cc2)C(N)=O)CC1. The lowest BCUT2D eigenvalue weighted by Gasteiger charge is -2.41. The Bertz CT molecular complexity index is 948. The lowest BCUT2D eigenvalue weighted by atomic mass is 10.1. The zero-order valence-corrected chi connectivity index (χ0v) is 17.9. The van der Waals surface area contributed by atoms with Gasteiger partial charge in [0, 0.05) is 31.7 Å². The predicted octanol–water partition coefficient (Wildman–Crippen LogP) is -2.46. The van der Waals surface area contributed by atoms with E-state index in [0.29, 0.717) is 5.75 Å². The van der Waals surface area contributed by atoms with Gasteiger partial charge in [-0.05, 0) is 24.3 Å². The number of ether oxygens (including phenoxy) is 1. The Kier molecular flexibility index (Phi) is 8.37. The minimum Gasteiger partial charge on any atom is -0.481 e. The molecule has 1 aliphatic rings. The zero-order valence-electron chi connectivity index (χ0n) is 17.1. The largest absolute Gasteiger partial charge is 0.481 e. The van der Waals surface area contributed by atoms with Gasteiger partial charge in [0.05, 0.1) is 12.8 Å². The monoisotopic (exact) mass is 454 g/mol. The second-order valence-corrected chi connectivity index (χ2v) is 8.82. The van der Waals surface area contributed by atoms with Crippen LogP contribution in [0.1, 0.15) is 10.4 Å². The standard InChI is InChI=1S/C19H26N4O7S/c1-31(28,29)23-10-8-22(9-11-23)19(27,18(20)26)14-21-17(25)15-4-6-16(7-5-15)30-13-3-2-12-24/h4-7,24,27H,8-14H2,1H3,(H2,20,26)(H,21,25). The molecule has 12 heteroatoms. The molecule has 1 aromatic carbocycles. The predicted molar refractivity (Wildman–Crippen MR) is 111 cm³/mol. The van der Waals surface area contributed by atoms with Crippen molar-refractivity contribution in [1.82, 2.24) is 14.5 Å². The molecule has 0 aliphatic carbocycles. The molecule has 31 heavy (non-hydrogen) atoms. The third-order valence-electron chi connectivity index (χ3n) is 4.75. The number of sulfonamides is 1. The molecule has 0 radical (unpaired) electrons. The summed E-state index contributed by atoms with van der Waals surface area (Å²) in [6.07, 6.45) is 1.09. The van der Waals surface area contributed by atoms with E-state index in [4.69, 9.17) is 15.6 Å². The van der Waals surface area contributed by atoms with Gasteiger partial charge in [0.1, 0.15) is 19.0 Å². The molecule has 1 fully saturated rings. The van der Waals surface area contributed by atoms with Crippen LogP contribution in [0.2, 0.25) is 0 Å². The van der Waals surface area contributed by atoms with Gasteiger partial charge < -0.3 is 26.0 Å². The van der Waals surface area contributed by atoms with Gasteiger partial charge in [0.15, 0.2) is 0 Å². The Morgan fingerprint density at radius 2 is 1.81 bits per heavy atom. The first-order chi connectivity index (χ1) is 14.6. The van der Waals surface area contributed by atoms with E-state index in [2.05, 4.69) is 17.2 Å². The van der Waals surface area contributed by atoms with Crippen LogP contribution in [-0.4, -0.2) is 97.6 Å². The molecule has 0 bridgehead atoms. The molecular formula is C19H26N4O7S. The van der Waals surface area contributed by atoms with Crippen LogP contribution in [-0.2, 0) is 14.8 Å². The number of benzene rings is 1. The lowest BCUT2D eigenvalue weighted by molar-refractivity contribution is -0.161. The maximum absolute atomic E-state index is 12.4. The molecular weight excluding hydrogens is 428 g/mol. The third-order valence-corrected chi connectivity index (χ3v) is 6.06. The Morgan fingerprint density at radius 1 is 1.19 bits per heavy atom. The smallest absolute Gasteiger partial charge is 0.266 e. The maximum atomic E-state index is 12.4. The number of amides is 2. The third kappa shape index (κ3) is 6.65. The summed E-state index contributed by atoms with van der Waals surface area (Å²) >= 11 is 0. The van der Waals surface area contributed by atoms with E-state index in [1.807, 2.05) is 0 Å². The van der Waals surface area contributed by atoms with Crippen LogP contribution in [0.3, 0.4) is 0 Å². The minimum absolute atomic E-state index is 0.0770. The number of hydrogen-bond acceptors (Lipinski definition) is 8. The summed E-state index contributed by atoms with van der Waals surface area (Å²) in [4.78, 5) is 25.7. The van der Waals surface area contributed by atoms with E-state index >= 15 is 0 Å². The molecule has 2 rings (SSSR count). The van der Waals surface area contributed by atoms with E-state index in [0.717, 1.165) is 6.26 Å². The van der Waals surface area contributed by atoms with E-state index in [1.54, 1.807) is 12.1 Å². The topological polar surface area (TPSA) is 163 Å². The molecule has 1 heterocycles. The Hall–Kier alpha value is -2.69. The number of nitrogens with two attached hydrogens (primary N) is 1. The normalized spacial score (nSPS) is 17.1. The van der Waals surface area contributed by atoms with Crippen molar-refractivity contribution in [3.05, 3.63) is 29.8 Å². The van der Waals surface area contributed by atoms with Gasteiger partial charge in [-0.15, -0.1) is 0 Å². The highest BCUT2D eigenvalue weighted by atomic mass is 32.2. The van der Waals surface area contributed by atoms with E-state index in [-0.39, 0.29) is 45.0 Å². The van der Waals surface area contributed by atoms with Gasteiger partial charge >= 0.3 is 0 Å². The summed E-state index contributed by atoms with van der Waals surface area (Å²) < 4.78 is 29.8. The van der Waals surface area contributed by atoms with Gasteiger partial charge in [-0.1, -0.05) is 11.8 Å². The van der Waals surface area contributed by atoms with Crippen molar-refractivity contribution >= 4 is 21.8 Å². The number of nitrogens with zero attached hydrogens (tertiary/aromatic N) is 2. The fourth-order valence-corrected chi connectivity index (χ4v) is 3.81. The first-order valence-electron chi connectivity index (χ1n) is 9.38. The second-order valence-electron chi connectivity index (χ2n) is 6.84. The highest BCUT2D eigenvalue weighted by molar-refractivity contribution is 7.88. The van der Waals surface area contributed by atoms with Gasteiger partial charge in [0.2, 0.25) is 15.7 Å². The highest BCUT2D eigenvalue weighted by Gasteiger charge is 2.43. The quantitative estimate of drug-likeness (QED) is 0.314. The molecule has 1 aliphatic heterocycles. The highest BCUT2D eigenvalue weighted by Crippen LogP contribution is 2.17. The number of rotatable bonds is 8. The minimum atomic E-state index is -3.38. The van der Waals surface area contributed by atoms with E-state index < -0.39 is 34.1 Å². The number of carbonyl (C=O) groups is 2. The number of piperazine rings is 1. The van der Waals surface area contributed by atoms with Crippen LogP contribution in [0.25, 0.3) is 0 Å². The summed E-state index contributed by atoms with van der Waals surface area (Å²) in [7, 11) is -3.38. The average molecular weight is 455 g/mol. The number of hydrogen-bond donors (Lipinski definition) is 4. The van der Waals surface area contributed by atoms with Crippen molar-refractivity contribution in [1.29, 1.82) is 0 Å². The second kappa shape index (κ2) is 10.6.